The molecule has 2 heterocycles. The number of aryl methyl sites for hydroxylation is 1. The molecule has 0 aromatic carbocycles. The van der Waals surface area contributed by atoms with E-state index in [1.165, 1.54) is 11.5 Å². The SMILES string of the molecule is CCNCCCc1nnc(-c2snnc2C(C)C)s1. The maximum atomic E-state index is 4.28. The van der Waals surface area contributed by atoms with Crippen LogP contribution in [-0.4, -0.2) is 32.9 Å². The fourth-order valence-electron chi connectivity index (χ4n) is 1.71. The molecule has 0 spiro atoms. The zero-order valence-corrected chi connectivity index (χ0v) is 13.1. The van der Waals surface area contributed by atoms with Gasteiger partial charge in [0.2, 0.25) is 0 Å². The van der Waals surface area contributed by atoms with Crippen LogP contribution in [0.1, 0.15) is 43.8 Å². The van der Waals surface area contributed by atoms with Gasteiger partial charge in [0.15, 0.2) is 5.01 Å². The number of nitrogens with one attached hydrogen (secondary N) is 1. The Morgan fingerprint density at radius 1 is 1.21 bits per heavy atom. The van der Waals surface area contributed by atoms with Crippen molar-refractivity contribution in [3.05, 3.63) is 10.7 Å². The smallest absolute Gasteiger partial charge is 0.161 e. The highest BCUT2D eigenvalue weighted by Crippen LogP contribution is 2.32. The highest BCUT2D eigenvalue weighted by atomic mass is 32.1. The van der Waals surface area contributed by atoms with E-state index in [1.54, 1.807) is 11.3 Å². The lowest BCUT2D eigenvalue weighted by molar-refractivity contribution is 0.669. The minimum Gasteiger partial charge on any atom is -0.317 e. The molecule has 19 heavy (non-hydrogen) atoms. The molecule has 0 bridgehead atoms. The van der Waals surface area contributed by atoms with Crippen molar-refractivity contribution in [1.82, 2.24) is 25.1 Å². The average molecular weight is 297 g/mol. The molecule has 2 aromatic rings. The number of hydrogen-bond acceptors (Lipinski definition) is 7. The van der Waals surface area contributed by atoms with Gasteiger partial charge in [0.05, 0.1) is 5.69 Å². The zero-order valence-electron chi connectivity index (χ0n) is 11.5. The van der Waals surface area contributed by atoms with E-state index >= 15 is 0 Å². The van der Waals surface area contributed by atoms with Crippen molar-refractivity contribution < 1.29 is 0 Å². The van der Waals surface area contributed by atoms with Gasteiger partial charge in [0, 0.05) is 6.42 Å². The second-order valence-corrected chi connectivity index (χ2v) is 6.42. The van der Waals surface area contributed by atoms with Crippen LogP contribution in [0.3, 0.4) is 0 Å². The monoisotopic (exact) mass is 297 g/mol. The molecular weight excluding hydrogens is 278 g/mol. The van der Waals surface area contributed by atoms with Gasteiger partial charge in [0.1, 0.15) is 9.88 Å². The highest BCUT2D eigenvalue weighted by molar-refractivity contribution is 7.19. The lowest BCUT2D eigenvalue weighted by Crippen LogP contribution is -2.14. The Bertz CT molecular complexity index is 506. The van der Waals surface area contributed by atoms with E-state index in [-0.39, 0.29) is 0 Å². The molecule has 0 radical (unpaired) electrons. The highest BCUT2D eigenvalue weighted by Gasteiger charge is 2.17. The first-order chi connectivity index (χ1) is 9.22. The minimum absolute atomic E-state index is 0.370. The van der Waals surface area contributed by atoms with Crippen molar-refractivity contribution in [2.45, 2.75) is 39.5 Å². The van der Waals surface area contributed by atoms with E-state index in [0.29, 0.717) is 5.92 Å². The fraction of sp³-hybridized carbons (Fsp3) is 0.667. The number of nitrogens with zero attached hydrogens (tertiary/aromatic N) is 4. The van der Waals surface area contributed by atoms with Gasteiger partial charge in [-0.3, -0.25) is 0 Å². The lowest BCUT2D eigenvalue weighted by atomic mass is 10.1. The molecule has 0 aliphatic carbocycles. The average Bonchev–Trinajstić information content (AvgIpc) is 3.02. The van der Waals surface area contributed by atoms with E-state index < -0.39 is 0 Å². The van der Waals surface area contributed by atoms with Gasteiger partial charge in [-0.05, 0) is 37.0 Å². The van der Waals surface area contributed by atoms with Gasteiger partial charge < -0.3 is 5.32 Å². The molecule has 1 N–H and O–H groups in total. The van der Waals surface area contributed by atoms with Gasteiger partial charge in [-0.15, -0.1) is 15.3 Å². The van der Waals surface area contributed by atoms with E-state index in [2.05, 4.69) is 45.9 Å². The summed E-state index contributed by atoms with van der Waals surface area (Å²) < 4.78 is 4.04. The third-order valence-corrected chi connectivity index (χ3v) is 4.59. The first-order valence-corrected chi connectivity index (χ1v) is 8.17. The van der Waals surface area contributed by atoms with Crippen LogP contribution in [0, 0.1) is 0 Å². The first-order valence-electron chi connectivity index (χ1n) is 6.58. The second kappa shape index (κ2) is 7.02. The summed E-state index contributed by atoms with van der Waals surface area (Å²) in [7, 11) is 0. The van der Waals surface area contributed by atoms with Crippen LogP contribution in [0.2, 0.25) is 0 Å². The lowest BCUT2D eigenvalue weighted by Gasteiger charge is -1.99. The quantitative estimate of drug-likeness (QED) is 0.796. The summed E-state index contributed by atoms with van der Waals surface area (Å²) in [4.78, 5) is 1.07. The van der Waals surface area contributed by atoms with Gasteiger partial charge in [-0.2, -0.15) is 0 Å². The molecule has 0 saturated carbocycles. The maximum Gasteiger partial charge on any atom is 0.161 e. The summed E-state index contributed by atoms with van der Waals surface area (Å²) in [6.45, 7) is 8.42. The van der Waals surface area contributed by atoms with Crippen LogP contribution < -0.4 is 5.32 Å². The zero-order chi connectivity index (χ0) is 13.7. The van der Waals surface area contributed by atoms with Gasteiger partial charge in [0.25, 0.3) is 0 Å². The molecule has 0 saturated heterocycles. The Kier molecular flexibility index (Phi) is 5.35. The molecule has 0 unspecified atom stereocenters. The molecule has 5 nitrogen and oxygen atoms in total. The number of aromatic nitrogens is 4. The van der Waals surface area contributed by atoms with Gasteiger partial charge in [-0.1, -0.05) is 36.6 Å². The van der Waals surface area contributed by atoms with Crippen LogP contribution in [0.5, 0.6) is 0 Å². The van der Waals surface area contributed by atoms with E-state index in [1.807, 2.05) is 0 Å². The normalized spacial score (nSPS) is 11.4. The Morgan fingerprint density at radius 3 is 2.79 bits per heavy atom. The molecule has 0 aliphatic heterocycles. The summed E-state index contributed by atoms with van der Waals surface area (Å²) in [5.74, 6) is 0.370. The van der Waals surface area contributed by atoms with Crippen molar-refractivity contribution in [2.75, 3.05) is 13.1 Å². The third-order valence-electron chi connectivity index (χ3n) is 2.72. The Morgan fingerprint density at radius 2 is 2.05 bits per heavy atom. The topological polar surface area (TPSA) is 63.6 Å². The molecule has 0 fully saturated rings. The van der Waals surface area contributed by atoms with Crippen LogP contribution in [0.15, 0.2) is 0 Å². The van der Waals surface area contributed by atoms with Crippen LogP contribution in [0.4, 0.5) is 0 Å². The standard InChI is InChI=1S/C12H19N5S2/c1-4-13-7-5-6-9-14-16-12(18-9)11-10(8(2)3)15-17-19-11/h8,13H,4-7H2,1-3H3. The van der Waals surface area contributed by atoms with Crippen molar-refractivity contribution >= 4 is 22.9 Å². The minimum atomic E-state index is 0.370. The van der Waals surface area contributed by atoms with Crippen LogP contribution in [0.25, 0.3) is 9.88 Å². The summed E-state index contributed by atoms with van der Waals surface area (Å²) in [5.41, 5.74) is 1.03. The predicted molar refractivity (Wildman–Crippen MR) is 79.8 cm³/mol. The van der Waals surface area contributed by atoms with Crippen molar-refractivity contribution in [1.29, 1.82) is 0 Å². The fourth-order valence-corrected chi connectivity index (χ4v) is 3.48. The van der Waals surface area contributed by atoms with Crippen LogP contribution >= 0.6 is 22.9 Å². The molecular formula is C12H19N5S2. The van der Waals surface area contributed by atoms with Crippen molar-refractivity contribution in [3.63, 3.8) is 0 Å². The second-order valence-electron chi connectivity index (χ2n) is 4.60. The molecule has 0 amide bonds. The first kappa shape index (κ1) is 14.5. The van der Waals surface area contributed by atoms with Crippen molar-refractivity contribution in [3.8, 4) is 9.88 Å². The van der Waals surface area contributed by atoms with E-state index in [0.717, 1.165) is 46.5 Å². The number of hydrogen-bond donors (Lipinski definition) is 1. The predicted octanol–water partition coefficient (Wildman–Crippen LogP) is 2.72. The third kappa shape index (κ3) is 3.77. The maximum absolute atomic E-state index is 4.28. The summed E-state index contributed by atoms with van der Waals surface area (Å²) >= 11 is 3.07. The summed E-state index contributed by atoms with van der Waals surface area (Å²) in [6, 6.07) is 0. The summed E-state index contributed by atoms with van der Waals surface area (Å²) in [5, 5.41) is 18.1. The Labute approximate surface area is 121 Å². The number of rotatable bonds is 7. The van der Waals surface area contributed by atoms with Gasteiger partial charge >= 0.3 is 0 Å². The molecule has 7 heteroatoms. The Balaban J connectivity index is 2.02. The summed E-state index contributed by atoms with van der Waals surface area (Å²) in [6.07, 6.45) is 2.08. The van der Waals surface area contributed by atoms with Crippen LogP contribution in [-0.2, 0) is 6.42 Å². The molecule has 2 aromatic heterocycles. The molecule has 104 valence electrons. The molecule has 0 aliphatic rings. The van der Waals surface area contributed by atoms with E-state index in [4.69, 9.17) is 0 Å². The van der Waals surface area contributed by atoms with Gasteiger partial charge in [-0.25, -0.2) is 0 Å². The molecule has 0 atom stereocenters. The Hall–Kier alpha value is -0.920. The largest absolute Gasteiger partial charge is 0.317 e. The molecule has 2 rings (SSSR count). The van der Waals surface area contributed by atoms with Crippen molar-refractivity contribution in [2.24, 2.45) is 0 Å². The van der Waals surface area contributed by atoms with E-state index in [9.17, 15) is 0 Å².